The van der Waals surface area contributed by atoms with Gasteiger partial charge < -0.3 is 5.32 Å². The first kappa shape index (κ1) is 15.0. The number of thiophene rings is 1. The van der Waals surface area contributed by atoms with E-state index in [0.29, 0.717) is 6.04 Å². The molecule has 0 radical (unpaired) electrons. The van der Waals surface area contributed by atoms with Gasteiger partial charge in [0.2, 0.25) is 0 Å². The number of hydrogen-bond acceptors (Lipinski definition) is 4. The summed E-state index contributed by atoms with van der Waals surface area (Å²) in [5.41, 5.74) is 1.27. The van der Waals surface area contributed by atoms with Gasteiger partial charge in [0, 0.05) is 9.35 Å². The molecule has 0 aliphatic heterocycles. The Hall–Kier alpha value is 0.0600. The number of hydrogen-bond donors (Lipinski definition) is 1. The highest BCUT2D eigenvalue weighted by atomic mass is 79.9. The monoisotopic (exact) mass is 390 g/mol. The Morgan fingerprint density at radius 2 is 2.35 bits per heavy atom. The lowest BCUT2D eigenvalue weighted by atomic mass is 9.97. The van der Waals surface area contributed by atoms with E-state index in [1.807, 2.05) is 11.3 Å². The molecule has 0 saturated heterocycles. The molecule has 1 unspecified atom stereocenters. The van der Waals surface area contributed by atoms with E-state index in [1.165, 1.54) is 23.4 Å². The Balaban J connectivity index is 1.90. The number of fused-ring (bicyclic) bond motifs is 1. The molecule has 20 heavy (non-hydrogen) atoms. The Bertz CT molecular complexity index is 589. The van der Waals surface area contributed by atoms with E-state index in [9.17, 15) is 0 Å². The van der Waals surface area contributed by atoms with E-state index < -0.39 is 0 Å². The van der Waals surface area contributed by atoms with Crippen LogP contribution in [-0.2, 0) is 6.42 Å². The quantitative estimate of drug-likeness (QED) is 0.727. The molecule has 0 saturated carbocycles. The number of rotatable bonds is 4. The van der Waals surface area contributed by atoms with Gasteiger partial charge >= 0.3 is 0 Å². The molecule has 0 bridgehead atoms. The smallest absolute Gasteiger partial charge is 0.134 e. The van der Waals surface area contributed by atoms with Crippen LogP contribution >= 0.6 is 50.2 Å². The fourth-order valence-corrected chi connectivity index (χ4v) is 5.41. The van der Waals surface area contributed by atoms with Gasteiger partial charge in [-0.2, -0.15) is 0 Å². The van der Waals surface area contributed by atoms with Crippen molar-refractivity contribution in [2.24, 2.45) is 0 Å². The molecule has 2 nitrogen and oxygen atoms in total. The molecule has 6 heteroatoms. The third kappa shape index (κ3) is 2.97. The van der Waals surface area contributed by atoms with Crippen LogP contribution in [-0.4, -0.2) is 11.5 Å². The van der Waals surface area contributed by atoms with Crippen molar-refractivity contribution in [1.82, 2.24) is 10.3 Å². The first-order chi connectivity index (χ1) is 9.69. The first-order valence-electron chi connectivity index (χ1n) is 6.87. The van der Waals surface area contributed by atoms with Crippen molar-refractivity contribution in [2.75, 3.05) is 6.54 Å². The molecule has 2 aromatic rings. The van der Waals surface area contributed by atoms with E-state index in [4.69, 9.17) is 16.6 Å². The molecule has 1 aliphatic rings. The largest absolute Gasteiger partial charge is 0.309 e. The average Bonchev–Trinajstić information content (AvgIpc) is 3.01. The molecule has 0 spiro atoms. The summed E-state index contributed by atoms with van der Waals surface area (Å²) in [6.07, 6.45) is 4.78. The van der Waals surface area contributed by atoms with E-state index in [1.54, 1.807) is 11.3 Å². The van der Waals surface area contributed by atoms with Crippen molar-refractivity contribution < 1.29 is 0 Å². The van der Waals surface area contributed by atoms with Crippen LogP contribution in [0.4, 0.5) is 0 Å². The molecule has 0 aromatic carbocycles. The maximum atomic E-state index is 6.14. The molecule has 0 fully saturated rings. The second kappa shape index (κ2) is 6.44. The molecule has 3 rings (SSSR count). The Morgan fingerprint density at radius 3 is 3.05 bits per heavy atom. The molecule has 1 N–H and O–H groups in total. The predicted molar refractivity (Wildman–Crippen MR) is 92.1 cm³/mol. The minimum absolute atomic E-state index is 0.433. The molecule has 108 valence electrons. The lowest BCUT2D eigenvalue weighted by molar-refractivity contribution is 0.454. The third-order valence-electron chi connectivity index (χ3n) is 3.45. The Morgan fingerprint density at radius 1 is 1.50 bits per heavy atom. The summed E-state index contributed by atoms with van der Waals surface area (Å²) >= 11 is 13.0. The lowest BCUT2D eigenvalue weighted by Gasteiger charge is -2.22. The first-order valence-corrected chi connectivity index (χ1v) is 9.67. The minimum Gasteiger partial charge on any atom is -0.309 e. The summed E-state index contributed by atoms with van der Waals surface area (Å²) in [6.45, 7) is 3.27. The molecule has 2 aromatic heterocycles. The summed E-state index contributed by atoms with van der Waals surface area (Å²) < 4.78 is 1.77. The molecule has 2 heterocycles. The van der Waals surface area contributed by atoms with E-state index in [0.717, 1.165) is 38.1 Å². The van der Waals surface area contributed by atoms with Crippen LogP contribution in [0.3, 0.4) is 0 Å². The summed E-state index contributed by atoms with van der Waals surface area (Å²) in [6, 6.07) is 2.51. The topological polar surface area (TPSA) is 24.9 Å². The highest BCUT2D eigenvalue weighted by molar-refractivity contribution is 9.10. The Kier molecular flexibility index (Phi) is 4.82. The van der Waals surface area contributed by atoms with Gasteiger partial charge in [-0.15, -0.1) is 22.7 Å². The number of aromatic nitrogens is 1. The minimum atomic E-state index is 0.433. The zero-order valence-electron chi connectivity index (χ0n) is 11.2. The number of nitrogens with zero attached hydrogens (tertiary/aromatic N) is 1. The van der Waals surface area contributed by atoms with Gasteiger partial charge in [0.05, 0.1) is 16.6 Å². The number of thiazole rings is 1. The maximum Gasteiger partial charge on any atom is 0.134 e. The van der Waals surface area contributed by atoms with Crippen molar-refractivity contribution in [3.05, 3.63) is 25.4 Å². The van der Waals surface area contributed by atoms with Crippen LogP contribution in [0.1, 0.15) is 42.8 Å². The van der Waals surface area contributed by atoms with Gasteiger partial charge in [-0.25, -0.2) is 4.98 Å². The van der Waals surface area contributed by atoms with E-state index in [2.05, 4.69) is 34.2 Å². The maximum absolute atomic E-state index is 6.14. The van der Waals surface area contributed by atoms with Gasteiger partial charge in [-0.05, 0) is 54.2 Å². The standard InChI is InChI=1S/C14H16BrClN2S2/c1-2-6-17-9-4-3-5-10-12(9)18-14(20-10)11-7-8(15)13(16)19-11/h7,9,17H,2-6H2,1H3. The lowest BCUT2D eigenvalue weighted by Crippen LogP contribution is -2.25. The fraction of sp³-hybridized carbons (Fsp3) is 0.500. The highest BCUT2D eigenvalue weighted by Crippen LogP contribution is 2.42. The summed E-state index contributed by atoms with van der Waals surface area (Å²) in [4.78, 5) is 7.50. The second-order valence-corrected chi connectivity index (χ2v) is 8.55. The van der Waals surface area contributed by atoms with Gasteiger partial charge in [-0.1, -0.05) is 18.5 Å². The van der Waals surface area contributed by atoms with Crippen molar-refractivity contribution in [1.29, 1.82) is 0 Å². The number of nitrogens with one attached hydrogen (secondary N) is 1. The van der Waals surface area contributed by atoms with Crippen molar-refractivity contribution in [3.63, 3.8) is 0 Å². The summed E-state index contributed by atoms with van der Waals surface area (Å²) in [5.74, 6) is 0. The summed E-state index contributed by atoms with van der Waals surface area (Å²) in [7, 11) is 0. The SMILES string of the molecule is CCCNC1CCCc2sc(-c3cc(Br)c(Cl)s3)nc21. The summed E-state index contributed by atoms with van der Waals surface area (Å²) in [5, 5.41) is 4.73. The van der Waals surface area contributed by atoms with Gasteiger partial charge in [0.1, 0.15) is 9.34 Å². The predicted octanol–water partition coefficient (Wildman–Crippen LogP) is 5.66. The van der Waals surface area contributed by atoms with Crippen LogP contribution in [0, 0.1) is 0 Å². The van der Waals surface area contributed by atoms with Crippen LogP contribution < -0.4 is 5.32 Å². The van der Waals surface area contributed by atoms with E-state index in [-0.39, 0.29) is 0 Å². The van der Waals surface area contributed by atoms with Gasteiger partial charge in [0.25, 0.3) is 0 Å². The molecular formula is C14H16BrClN2S2. The third-order valence-corrected chi connectivity index (χ3v) is 7.23. The fourth-order valence-electron chi connectivity index (χ4n) is 2.49. The molecule has 1 atom stereocenters. The van der Waals surface area contributed by atoms with Crippen molar-refractivity contribution >= 4 is 50.2 Å². The highest BCUT2D eigenvalue weighted by Gasteiger charge is 2.25. The van der Waals surface area contributed by atoms with Gasteiger partial charge in [-0.3, -0.25) is 0 Å². The van der Waals surface area contributed by atoms with Crippen LogP contribution in [0.5, 0.6) is 0 Å². The zero-order valence-corrected chi connectivity index (χ0v) is 15.2. The van der Waals surface area contributed by atoms with Gasteiger partial charge in [0.15, 0.2) is 0 Å². The number of aryl methyl sites for hydroxylation is 1. The second-order valence-electron chi connectivity index (χ2n) is 4.96. The molecule has 1 aliphatic carbocycles. The van der Waals surface area contributed by atoms with Crippen LogP contribution in [0.15, 0.2) is 10.5 Å². The van der Waals surface area contributed by atoms with Crippen LogP contribution in [0.2, 0.25) is 4.34 Å². The Labute approximate surface area is 140 Å². The van der Waals surface area contributed by atoms with Crippen LogP contribution in [0.25, 0.3) is 9.88 Å². The number of halogens is 2. The zero-order chi connectivity index (χ0) is 14.1. The van der Waals surface area contributed by atoms with Crippen molar-refractivity contribution in [2.45, 2.75) is 38.6 Å². The van der Waals surface area contributed by atoms with E-state index >= 15 is 0 Å². The average molecular weight is 392 g/mol. The molecule has 0 amide bonds. The molecular weight excluding hydrogens is 376 g/mol. The normalized spacial score (nSPS) is 18.2. The van der Waals surface area contributed by atoms with Crippen molar-refractivity contribution in [3.8, 4) is 9.88 Å².